The van der Waals surface area contributed by atoms with Crippen molar-refractivity contribution in [3.63, 3.8) is 0 Å². The van der Waals surface area contributed by atoms with Crippen LogP contribution in [0.2, 0.25) is 0 Å². The van der Waals surface area contributed by atoms with Crippen molar-refractivity contribution < 1.29 is 14.2 Å². The van der Waals surface area contributed by atoms with Gasteiger partial charge in [0.2, 0.25) is 0 Å². The monoisotopic (exact) mass is 357 g/mol. The fraction of sp³-hybridized carbons (Fsp3) is 0.550. The summed E-state index contributed by atoms with van der Waals surface area (Å²) >= 11 is 0. The molecular weight excluding hydrogens is 330 g/mol. The van der Waals surface area contributed by atoms with Crippen molar-refractivity contribution in [1.29, 1.82) is 0 Å². The molecule has 1 saturated heterocycles. The van der Waals surface area contributed by atoms with Crippen LogP contribution >= 0.6 is 0 Å². The minimum atomic E-state index is 0.0379. The maximum Gasteiger partial charge on any atom is 0.127 e. The van der Waals surface area contributed by atoms with Crippen LogP contribution in [0.5, 0.6) is 11.5 Å². The Kier molecular flexibility index (Phi) is 4.87. The first-order valence-electron chi connectivity index (χ1n) is 9.34. The molecule has 0 saturated carbocycles. The Hall–Kier alpha value is -2.05. The average molecular weight is 357 g/mol. The molecular formula is C20H27N3O3. The Bertz CT molecular complexity index is 774. The van der Waals surface area contributed by atoms with Crippen molar-refractivity contribution in [1.82, 2.24) is 15.1 Å². The molecule has 0 radical (unpaired) electrons. The fourth-order valence-electron chi connectivity index (χ4n) is 3.97. The number of ether oxygens (including phenoxy) is 3. The summed E-state index contributed by atoms with van der Waals surface area (Å²) in [6, 6.07) is 4.42. The predicted octanol–water partition coefficient (Wildman–Crippen LogP) is 2.76. The maximum absolute atomic E-state index is 6.06. The first-order valence-corrected chi connectivity index (χ1v) is 9.34. The van der Waals surface area contributed by atoms with Gasteiger partial charge in [0.15, 0.2) is 0 Å². The number of rotatable bonds is 5. The minimum absolute atomic E-state index is 0.0379. The summed E-state index contributed by atoms with van der Waals surface area (Å²) in [5, 5.41) is 7.99. The standard InChI is InChI=1S/C20H27N3O3/c1-13-7-14-8-17(24-3)9-15(19(14)26-13)10-21-18-5-4-6-25-20(18)16-11-22-23(2)12-16/h8-9,11-13,18,20-21H,4-7,10H2,1-3H3/t13-,18+,20-/m1/s1. The van der Waals surface area contributed by atoms with Crippen LogP contribution in [0.25, 0.3) is 0 Å². The lowest BCUT2D eigenvalue weighted by Crippen LogP contribution is -2.39. The molecule has 0 aliphatic carbocycles. The number of hydrogen-bond acceptors (Lipinski definition) is 5. The molecule has 3 heterocycles. The van der Waals surface area contributed by atoms with E-state index in [1.54, 1.807) is 7.11 Å². The molecule has 6 nitrogen and oxygen atoms in total. The van der Waals surface area contributed by atoms with Crippen LogP contribution in [0.15, 0.2) is 24.5 Å². The molecule has 0 spiro atoms. The van der Waals surface area contributed by atoms with Gasteiger partial charge < -0.3 is 19.5 Å². The van der Waals surface area contributed by atoms with E-state index in [0.717, 1.165) is 55.0 Å². The zero-order valence-electron chi connectivity index (χ0n) is 15.7. The molecule has 3 atom stereocenters. The minimum Gasteiger partial charge on any atom is -0.497 e. The van der Waals surface area contributed by atoms with E-state index in [4.69, 9.17) is 14.2 Å². The molecule has 26 heavy (non-hydrogen) atoms. The zero-order chi connectivity index (χ0) is 18.1. The van der Waals surface area contributed by atoms with E-state index in [1.165, 1.54) is 5.56 Å². The summed E-state index contributed by atoms with van der Waals surface area (Å²) in [5.74, 6) is 1.91. The summed E-state index contributed by atoms with van der Waals surface area (Å²) in [4.78, 5) is 0. The van der Waals surface area contributed by atoms with Gasteiger partial charge in [-0.05, 0) is 31.9 Å². The van der Waals surface area contributed by atoms with E-state index in [2.05, 4.69) is 29.5 Å². The van der Waals surface area contributed by atoms with Gasteiger partial charge in [-0.15, -0.1) is 0 Å². The van der Waals surface area contributed by atoms with Crippen molar-refractivity contribution in [3.05, 3.63) is 41.2 Å². The number of hydrogen-bond donors (Lipinski definition) is 1. The third-order valence-corrected chi connectivity index (χ3v) is 5.21. The lowest BCUT2D eigenvalue weighted by Gasteiger charge is -2.32. The third kappa shape index (κ3) is 3.44. The van der Waals surface area contributed by atoms with Gasteiger partial charge >= 0.3 is 0 Å². The van der Waals surface area contributed by atoms with E-state index in [0.29, 0.717) is 0 Å². The molecule has 0 unspecified atom stereocenters. The Balaban J connectivity index is 1.52. The average Bonchev–Trinajstić information content (AvgIpc) is 3.24. The SMILES string of the molecule is COc1cc(CN[C@H]2CCCO[C@@H]2c2cnn(C)c2)c2c(c1)C[C@@H](C)O2. The quantitative estimate of drug-likeness (QED) is 0.892. The van der Waals surface area contributed by atoms with E-state index in [9.17, 15) is 0 Å². The summed E-state index contributed by atoms with van der Waals surface area (Å²) in [7, 11) is 3.65. The first-order chi connectivity index (χ1) is 12.6. The van der Waals surface area contributed by atoms with Gasteiger partial charge in [0.25, 0.3) is 0 Å². The van der Waals surface area contributed by atoms with E-state index >= 15 is 0 Å². The number of fused-ring (bicyclic) bond motifs is 1. The van der Waals surface area contributed by atoms with Crippen molar-refractivity contribution in [2.75, 3.05) is 13.7 Å². The summed E-state index contributed by atoms with van der Waals surface area (Å²) in [6.07, 6.45) is 7.29. The Morgan fingerprint density at radius 1 is 1.38 bits per heavy atom. The normalized spacial score (nSPS) is 25.0. The van der Waals surface area contributed by atoms with Gasteiger partial charge in [0.05, 0.1) is 13.3 Å². The lowest BCUT2D eigenvalue weighted by molar-refractivity contribution is -0.0113. The second-order valence-electron chi connectivity index (χ2n) is 7.28. The summed E-state index contributed by atoms with van der Waals surface area (Å²) in [6.45, 7) is 3.64. The van der Waals surface area contributed by atoms with E-state index in [1.807, 2.05) is 24.1 Å². The molecule has 2 aromatic rings. The van der Waals surface area contributed by atoms with Gasteiger partial charge in [-0.2, -0.15) is 5.10 Å². The van der Waals surface area contributed by atoms with Crippen LogP contribution < -0.4 is 14.8 Å². The molecule has 0 amide bonds. The van der Waals surface area contributed by atoms with Crippen molar-refractivity contribution in [2.45, 2.75) is 51.0 Å². The van der Waals surface area contributed by atoms with Crippen molar-refractivity contribution >= 4 is 0 Å². The molecule has 140 valence electrons. The summed E-state index contributed by atoms with van der Waals surface area (Å²) < 4.78 is 19.4. The predicted molar refractivity (Wildman–Crippen MR) is 98.6 cm³/mol. The topological polar surface area (TPSA) is 57.5 Å². The highest BCUT2D eigenvalue weighted by atomic mass is 16.5. The summed E-state index contributed by atoms with van der Waals surface area (Å²) in [5.41, 5.74) is 3.52. The number of aryl methyl sites for hydroxylation is 1. The van der Waals surface area contributed by atoms with Gasteiger partial charge in [0, 0.05) is 55.5 Å². The number of benzene rings is 1. The Morgan fingerprint density at radius 2 is 2.27 bits per heavy atom. The molecule has 0 bridgehead atoms. The number of nitrogens with one attached hydrogen (secondary N) is 1. The van der Waals surface area contributed by atoms with Gasteiger partial charge in [-0.1, -0.05) is 0 Å². The smallest absolute Gasteiger partial charge is 0.127 e. The second kappa shape index (κ2) is 7.29. The van der Waals surface area contributed by atoms with Crippen molar-refractivity contribution in [2.24, 2.45) is 7.05 Å². The third-order valence-electron chi connectivity index (χ3n) is 5.21. The highest BCUT2D eigenvalue weighted by molar-refractivity contribution is 5.49. The molecule has 6 heteroatoms. The molecule has 1 aromatic heterocycles. The van der Waals surface area contributed by atoms with Crippen LogP contribution in [0.4, 0.5) is 0 Å². The highest BCUT2D eigenvalue weighted by Gasteiger charge is 2.29. The maximum atomic E-state index is 6.06. The van der Waals surface area contributed by atoms with Crippen LogP contribution in [0.1, 0.15) is 42.6 Å². The van der Waals surface area contributed by atoms with Crippen LogP contribution in [0.3, 0.4) is 0 Å². The largest absolute Gasteiger partial charge is 0.497 e. The van der Waals surface area contributed by atoms with Crippen LogP contribution in [-0.2, 0) is 24.8 Å². The van der Waals surface area contributed by atoms with Gasteiger partial charge in [0.1, 0.15) is 23.7 Å². The Morgan fingerprint density at radius 3 is 3.04 bits per heavy atom. The van der Waals surface area contributed by atoms with Crippen molar-refractivity contribution in [3.8, 4) is 11.5 Å². The van der Waals surface area contributed by atoms with E-state index in [-0.39, 0.29) is 18.2 Å². The molecule has 1 fully saturated rings. The zero-order valence-corrected chi connectivity index (χ0v) is 15.7. The molecule has 1 aromatic carbocycles. The number of nitrogens with zero attached hydrogens (tertiary/aromatic N) is 2. The molecule has 4 rings (SSSR count). The lowest BCUT2D eigenvalue weighted by atomic mass is 9.97. The number of aromatic nitrogens is 2. The fourth-order valence-corrected chi connectivity index (χ4v) is 3.97. The van der Waals surface area contributed by atoms with E-state index < -0.39 is 0 Å². The molecule has 1 N–H and O–H groups in total. The Labute approximate surface area is 154 Å². The number of methoxy groups -OCH3 is 1. The van der Waals surface area contributed by atoms with Crippen LogP contribution in [-0.4, -0.2) is 35.6 Å². The second-order valence-corrected chi connectivity index (χ2v) is 7.28. The van der Waals surface area contributed by atoms with Crippen LogP contribution in [0, 0.1) is 0 Å². The molecule has 2 aliphatic heterocycles. The molecule has 2 aliphatic rings. The highest BCUT2D eigenvalue weighted by Crippen LogP contribution is 2.37. The van der Waals surface area contributed by atoms with Gasteiger partial charge in [-0.3, -0.25) is 4.68 Å². The first kappa shape index (κ1) is 17.4. The van der Waals surface area contributed by atoms with Gasteiger partial charge in [-0.25, -0.2) is 0 Å².